The molecule has 19 heavy (non-hydrogen) atoms. The lowest BCUT2D eigenvalue weighted by Crippen LogP contribution is -2.42. The first-order valence-corrected chi connectivity index (χ1v) is 6.87. The van der Waals surface area contributed by atoms with Gasteiger partial charge in [-0.05, 0) is 6.92 Å². The van der Waals surface area contributed by atoms with Gasteiger partial charge in [0.15, 0.2) is 0 Å². The maximum absolute atomic E-state index is 5.78. The molecule has 0 spiro atoms. The van der Waals surface area contributed by atoms with Crippen molar-refractivity contribution in [2.75, 3.05) is 43.9 Å². The number of hydrogen-bond donors (Lipinski definition) is 2. The van der Waals surface area contributed by atoms with Crippen molar-refractivity contribution in [2.24, 2.45) is 0 Å². The summed E-state index contributed by atoms with van der Waals surface area (Å²) in [5.41, 5.74) is 5.78. The highest BCUT2D eigenvalue weighted by atomic mass is 16.5. The van der Waals surface area contributed by atoms with Gasteiger partial charge < -0.3 is 15.8 Å². The van der Waals surface area contributed by atoms with Crippen molar-refractivity contribution in [1.29, 1.82) is 0 Å². The van der Waals surface area contributed by atoms with Crippen LogP contribution in [-0.2, 0) is 11.2 Å². The number of ether oxygens (including phenoxy) is 1. The van der Waals surface area contributed by atoms with Crippen LogP contribution in [0.25, 0.3) is 0 Å². The first-order chi connectivity index (χ1) is 9.17. The number of nitrogens with one attached hydrogen (secondary N) is 1. The van der Waals surface area contributed by atoms with Crippen molar-refractivity contribution in [1.82, 2.24) is 14.9 Å². The van der Waals surface area contributed by atoms with Crippen LogP contribution in [0.1, 0.15) is 19.7 Å². The fraction of sp³-hybridized carbons (Fsp3) is 0.692. The lowest BCUT2D eigenvalue weighted by Gasteiger charge is -2.29. The number of nitrogens with zero attached hydrogens (tertiary/aromatic N) is 3. The van der Waals surface area contributed by atoms with Gasteiger partial charge in [-0.2, -0.15) is 0 Å². The monoisotopic (exact) mass is 265 g/mol. The third-order valence-corrected chi connectivity index (χ3v) is 3.14. The molecule has 2 heterocycles. The van der Waals surface area contributed by atoms with Crippen molar-refractivity contribution < 1.29 is 4.74 Å². The molecule has 0 radical (unpaired) electrons. The molecule has 3 N–H and O–H groups in total. The Balaban J connectivity index is 1.90. The van der Waals surface area contributed by atoms with Gasteiger partial charge in [0, 0.05) is 38.2 Å². The molecule has 1 aliphatic heterocycles. The standard InChI is InChI=1S/C13H23N5O/c1-3-12-16-11(14)8-13(17-12)15-10(2)9-18-4-6-19-7-5-18/h8,10H,3-7,9H2,1-2H3,(H3,14,15,16,17). The van der Waals surface area contributed by atoms with Gasteiger partial charge in [-0.3, -0.25) is 4.90 Å². The maximum Gasteiger partial charge on any atom is 0.132 e. The Kier molecular flexibility index (Phi) is 4.93. The van der Waals surface area contributed by atoms with E-state index in [2.05, 4.69) is 27.1 Å². The van der Waals surface area contributed by atoms with Gasteiger partial charge in [0.2, 0.25) is 0 Å². The van der Waals surface area contributed by atoms with Gasteiger partial charge in [-0.15, -0.1) is 0 Å². The van der Waals surface area contributed by atoms with E-state index in [1.54, 1.807) is 6.07 Å². The van der Waals surface area contributed by atoms with Crippen molar-refractivity contribution in [3.8, 4) is 0 Å². The van der Waals surface area contributed by atoms with E-state index in [4.69, 9.17) is 10.5 Å². The highest BCUT2D eigenvalue weighted by molar-refractivity contribution is 5.45. The van der Waals surface area contributed by atoms with Crippen molar-refractivity contribution in [3.05, 3.63) is 11.9 Å². The topological polar surface area (TPSA) is 76.3 Å². The Bertz CT molecular complexity index is 406. The lowest BCUT2D eigenvalue weighted by atomic mass is 10.3. The van der Waals surface area contributed by atoms with Gasteiger partial charge in [0.05, 0.1) is 13.2 Å². The molecule has 6 nitrogen and oxygen atoms in total. The molecule has 2 rings (SSSR count). The summed E-state index contributed by atoms with van der Waals surface area (Å²) in [4.78, 5) is 11.0. The summed E-state index contributed by atoms with van der Waals surface area (Å²) in [5.74, 6) is 2.11. The highest BCUT2D eigenvalue weighted by Gasteiger charge is 2.14. The van der Waals surface area contributed by atoms with Crippen LogP contribution in [0.5, 0.6) is 0 Å². The Morgan fingerprint density at radius 1 is 1.42 bits per heavy atom. The molecule has 1 fully saturated rings. The summed E-state index contributed by atoms with van der Waals surface area (Å²) >= 11 is 0. The predicted molar refractivity (Wildman–Crippen MR) is 76.2 cm³/mol. The van der Waals surface area contributed by atoms with E-state index in [1.807, 2.05) is 6.92 Å². The van der Waals surface area contributed by atoms with Crippen molar-refractivity contribution in [2.45, 2.75) is 26.3 Å². The highest BCUT2D eigenvalue weighted by Crippen LogP contribution is 2.11. The number of nitrogen functional groups attached to an aromatic ring is 1. The first kappa shape index (κ1) is 14.0. The average molecular weight is 265 g/mol. The number of hydrogen-bond acceptors (Lipinski definition) is 6. The second-order valence-electron chi connectivity index (χ2n) is 4.91. The minimum atomic E-state index is 0.317. The van der Waals surface area contributed by atoms with E-state index in [9.17, 15) is 0 Å². The van der Waals surface area contributed by atoms with E-state index in [-0.39, 0.29) is 0 Å². The molecule has 1 aliphatic rings. The SMILES string of the molecule is CCc1nc(N)cc(NC(C)CN2CCOCC2)n1. The molecule has 1 aromatic heterocycles. The fourth-order valence-corrected chi connectivity index (χ4v) is 2.22. The van der Waals surface area contributed by atoms with E-state index >= 15 is 0 Å². The van der Waals surface area contributed by atoms with Gasteiger partial charge in [0.25, 0.3) is 0 Å². The Hall–Kier alpha value is -1.40. The zero-order valence-electron chi connectivity index (χ0n) is 11.7. The number of aryl methyl sites for hydroxylation is 1. The molecule has 1 atom stereocenters. The molecule has 106 valence electrons. The van der Waals surface area contributed by atoms with E-state index in [0.717, 1.165) is 50.9 Å². The molecule has 6 heteroatoms. The van der Waals surface area contributed by atoms with Crippen LogP contribution >= 0.6 is 0 Å². The maximum atomic E-state index is 5.78. The van der Waals surface area contributed by atoms with Crippen LogP contribution in [0, 0.1) is 0 Å². The zero-order chi connectivity index (χ0) is 13.7. The van der Waals surface area contributed by atoms with E-state index < -0.39 is 0 Å². The van der Waals surface area contributed by atoms with Crippen LogP contribution in [0.2, 0.25) is 0 Å². The second-order valence-corrected chi connectivity index (χ2v) is 4.91. The predicted octanol–water partition coefficient (Wildman–Crippen LogP) is 0.754. The molecule has 0 aromatic carbocycles. The summed E-state index contributed by atoms with van der Waals surface area (Å²) in [6, 6.07) is 2.10. The van der Waals surface area contributed by atoms with Gasteiger partial charge in [-0.25, -0.2) is 9.97 Å². The molecule has 1 unspecified atom stereocenters. The average Bonchev–Trinajstić information content (AvgIpc) is 2.38. The second kappa shape index (κ2) is 6.68. The van der Waals surface area contributed by atoms with E-state index in [0.29, 0.717) is 11.9 Å². The number of anilines is 2. The van der Waals surface area contributed by atoms with E-state index in [1.165, 1.54) is 0 Å². The third kappa shape index (κ3) is 4.33. The summed E-state index contributed by atoms with van der Waals surface area (Å²) < 4.78 is 5.35. The Morgan fingerprint density at radius 3 is 2.84 bits per heavy atom. The minimum Gasteiger partial charge on any atom is -0.384 e. The quantitative estimate of drug-likeness (QED) is 0.818. The fourth-order valence-electron chi connectivity index (χ4n) is 2.22. The summed E-state index contributed by atoms with van der Waals surface area (Å²) in [6.07, 6.45) is 0.789. The van der Waals surface area contributed by atoms with Gasteiger partial charge in [-0.1, -0.05) is 6.92 Å². The number of nitrogens with two attached hydrogens (primary N) is 1. The molecular formula is C13H23N5O. The summed E-state index contributed by atoms with van der Waals surface area (Å²) in [5, 5.41) is 3.39. The molecule has 1 aromatic rings. The number of aromatic nitrogens is 2. The molecular weight excluding hydrogens is 242 g/mol. The lowest BCUT2D eigenvalue weighted by molar-refractivity contribution is 0.0368. The van der Waals surface area contributed by atoms with Crippen LogP contribution in [0.4, 0.5) is 11.6 Å². The zero-order valence-corrected chi connectivity index (χ0v) is 11.7. The normalized spacial score (nSPS) is 18.2. The number of rotatable bonds is 5. The third-order valence-electron chi connectivity index (χ3n) is 3.14. The van der Waals surface area contributed by atoms with Crippen LogP contribution < -0.4 is 11.1 Å². The van der Waals surface area contributed by atoms with Gasteiger partial charge in [0.1, 0.15) is 17.5 Å². The summed E-state index contributed by atoms with van der Waals surface area (Å²) in [7, 11) is 0. The van der Waals surface area contributed by atoms with Crippen LogP contribution in [0.3, 0.4) is 0 Å². The summed E-state index contributed by atoms with van der Waals surface area (Å²) in [6.45, 7) is 8.81. The molecule has 0 saturated carbocycles. The molecule has 0 aliphatic carbocycles. The van der Waals surface area contributed by atoms with Crippen molar-refractivity contribution >= 4 is 11.6 Å². The number of morpholine rings is 1. The largest absolute Gasteiger partial charge is 0.384 e. The minimum absolute atomic E-state index is 0.317. The Labute approximate surface area is 114 Å². The molecule has 0 amide bonds. The Morgan fingerprint density at radius 2 is 2.16 bits per heavy atom. The smallest absolute Gasteiger partial charge is 0.132 e. The van der Waals surface area contributed by atoms with Crippen LogP contribution in [-0.4, -0.2) is 53.8 Å². The van der Waals surface area contributed by atoms with Gasteiger partial charge >= 0.3 is 0 Å². The van der Waals surface area contributed by atoms with Crippen molar-refractivity contribution in [3.63, 3.8) is 0 Å². The first-order valence-electron chi connectivity index (χ1n) is 6.87. The molecule has 0 bridgehead atoms. The molecule has 1 saturated heterocycles. The van der Waals surface area contributed by atoms with Crippen LogP contribution in [0.15, 0.2) is 6.07 Å².